The summed E-state index contributed by atoms with van der Waals surface area (Å²) in [5.41, 5.74) is 6.24. The van der Waals surface area contributed by atoms with Gasteiger partial charge in [-0.15, -0.1) is 0 Å². The summed E-state index contributed by atoms with van der Waals surface area (Å²) in [4.78, 5) is 10.1. The van der Waals surface area contributed by atoms with E-state index in [-0.39, 0.29) is 17.2 Å². The number of benzene rings is 1. The molecule has 0 aliphatic carbocycles. The molecular weight excluding hydrogens is 268 g/mol. The molecule has 1 atom stereocenters. The first kappa shape index (κ1) is 14.0. The van der Waals surface area contributed by atoms with Crippen LogP contribution in [0.15, 0.2) is 24.3 Å². The molecule has 1 fully saturated rings. The van der Waals surface area contributed by atoms with Crippen molar-refractivity contribution >= 4 is 15.5 Å². The van der Waals surface area contributed by atoms with Gasteiger partial charge < -0.3 is 5.73 Å². The molecule has 104 valence electrons. The standard InChI is InChI=1S/C12H16N2O4S/c13-8-12(5-6-19(17,18)9-12)7-10-1-3-11(4-2-10)14(15)16/h1-4H,5-9,13H2. The first-order valence-corrected chi connectivity index (χ1v) is 7.82. The summed E-state index contributed by atoms with van der Waals surface area (Å²) in [7, 11) is -3.00. The van der Waals surface area contributed by atoms with Crippen LogP contribution in [0, 0.1) is 15.5 Å². The van der Waals surface area contributed by atoms with Crippen molar-refractivity contribution in [2.45, 2.75) is 12.8 Å². The Bertz CT molecular complexity index is 582. The van der Waals surface area contributed by atoms with Crippen LogP contribution >= 0.6 is 0 Å². The molecule has 0 amide bonds. The van der Waals surface area contributed by atoms with E-state index in [9.17, 15) is 18.5 Å². The van der Waals surface area contributed by atoms with E-state index in [4.69, 9.17) is 5.73 Å². The van der Waals surface area contributed by atoms with Gasteiger partial charge in [-0.1, -0.05) is 12.1 Å². The van der Waals surface area contributed by atoms with Crippen LogP contribution in [-0.4, -0.2) is 31.4 Å². The van der Waals surface area contributed by atoms with Gasteiger partial charge in [-0.3, -0.25) is 10.1 Å². The number of rotatable bonds is 4. The molecule has 1 aliphatic heterocycles. The summed E-state index contributed by atoms with van der Waals surface area (Å²) < 4.78 is 23.2. The highest BCUT2D eigenvalue weighted by atomic mass is 32.2. The Morgan fingerprint density at radius 2 is 1.95 bits per heavy atom. The Morgan fingerprint density at radius 3 is 2.37 bits per heavy atom. The molecule has 0 aromatic heterocycles. The first-order chi connectivity index (χ1) is 8.86. The maximum absolute atomic E-state index is 11.6. The second-order valence-electron chi connectivity index (χ2n) is 5.15. The third kappa shape index (κ3) is 3.10. The average Bonchev–Trinajstić information content (AvgIpc) is 2.66. The average molecular weight is 284 g/mol. The van der Waals surface area contributed by atoms with Crippen LogP contribution in [-0.2, 0) is 16.3 Å². The fraction of sp³-hybridized carbons (Fsp3) is 0.500. The number of nitrogens with two attached hydrogens (primary N) is 1. The summed E-state index contributed by atoms with van der Waals surface area (Å²) in [6.45, 7) is 0.309. The van der Waals surface area contributed by atoms with Crippen LogP contribution in [0.25, 0.3) is 0 Å². The Labute approximate surface area is 111 Å². The summed E-state index contributed by atoms with van der Waals surface area (Å²) >= 11 is 0. The summed E-state index contributed by atoms with van der Waals surface area (Å²) in [5, 5.41) is 10.6. The molecule has 0 spiro atoms. The quantitative estimate of drug-likeness (QED) is 0.653. The number of nitro groups is 1. The predicted octanol–water partition coefficient (Wildman–Crippen LogP) is 0.901. The molecule has 1 unspecified atom stereocenters. The first-order valence-electron chi connectivity index (χ1n) is 6.00. The zero-order chi connectivity index (χ0) is 14.1. The molecule has 0 bridgehead atoms. The summed E-state index contributed by atoms with van der Waals surface area (Å²) in [6, 6.07) is 6.20. The van der Waals surface area contributed by atoms with Crippen LogP contribution in [0.5, 0.6) is 0 Å². The van der Waals surface area contributed by atoms with Crippen LogP contribution < -0.4 is 5.73 Å². The number of hydrogen-bond acceptors (Lipinski definition) is 5. The van der Waals surface area contributed by atoms with Gasteiger partial charge in [-0.25, -0.2) is 8.42 Å². The number of nitrogens with zero attached hydrogens (tertiary/aromatic N) is 1. The molecule has 2 rings (SSSR count). The van der Waals surface area contributed by atoms with Crippen LogP contribution in [0.2, 0.25) is 0 Å². The Morgan fingerprint density at radius 1 is 1.32 bits per heavy atom. The lowest BCUT2D eigenvalue weighted by molar-refractivity contribution is -0.384. The van der Waals surface area contributed by atoms with Gasteiger partial charge in [0.25, 0.3) is 5.69 Å². The number of hydrogen-bond donors (Lipinski definition) is 1. The molecule has 0 saturated carbocycles. The van der Waals surface area contributed by atoms with Gasteiger partial charge in [-0.2, -0.15) is 0 Å². The topological polar surface area (TPSA) is 103 Å². The molecular formula is C12H16N2O4S. The molecule has 1 aliphatic rings. The number of sulfone groups is 1. The monoisotopic (exact) mass is 284 g/mol. The predicted molar refractivity (Wildman–Crippen MR) is 71.6 cm³/mol. The largest absolute Gasteiger partial charge is 0.330 e. The van der Waals surface area contributed by atoms with E-state index in [0.29, 0.717) is 19.4 Å². The minimum absolute atomic E-state index is 0.0320. The molecule has 19 heavy (non-hydrogen) atoms. The van der Waals surface area contributed by atoms with E-state index in [1.165, 1.54) is 12.1 Å². The maximum Gasteiger partial charge on any atom is 0.269 e. The zero-order valence-corrected chi connectivity index (χ0v) is 11.2. The van der Waals surface area contributed by atoms with Gasteiger partial charge in [0.15, 0.2) is 9.84 Å². The Balaban J connectivity index is 2.17. The fourth-order valence-corrected chi connectivity index (χ4v) is 4.71. The second-order valence-corrected chi connectivity index (χ2v) is 7.33. The van der Waals surface area contributed by atoms with E-state index >= 15 is 0 Å². The molecule has 1 aromatic rings. The second kappa shape index (κ2) is 4.90. The van der Waals surface area contributed by atoms with Gasteiger partial charge in [0.05, 0.1) is 16.4 Å². The van der Waals surface area contributed by atoms with E-state index in [2.05, 4.69) is 0 Å². The summed E-state index contributed by atoms with van der Waals surface area (Å²) in [5.74, 6) is 0.282. The van der Waals surface area contributed by atoms with Gasteiger partial charge >= 0.3 is 0 Å². The highest BCUT2D eigenvalue weighted by molar-refractivity contribution is 7.91. The summed E-state index contributed by atoms with van der Waals surface area (Å²) in [6.07, 6.45) is 1.10. The van der Waals surface area contributed by atoms with Crippen molar-refractivity contribution in [1.82, 2.24) is 0 Å². The minimum atomic E-state index is -3.00. The lowest BCUT2D eigenvalue weighted by Gasteiger charge is -2.25. The maximum atomic E-state index is 11.6. The molecule has 7 heteroatoms. The van der Waals surface area contributed by atoms with Gasteiger partial charge in [0.2, 0.25) is 0 Å². The molecule has 1 heterocycles. The van der Waals surface area contributed by atoms with Crippen molar-refractivity contribution in [3.63, 3.8) is 0 Å². The molecule has 0 radical (unpaired) electrons. The van der Waals surface area contributed by atoms with Crippen molar-refractivity contribution < 1.29 is 13.3 Å². The normalized spacial score (nSPS) is 25.3. The van der Waals surface area contributed by atoms with Gasteiger partial charge in [0.1, 0.15) is 0 Å². The van der Waals surface area contributed by atoms with Crippen LogP contribution in [0.1, 0.15) is 12.0 Å². The van der Waals surface area contributed by atoms with Crippen molar-refractivity contribution in [3.8, 4) is 0 Å². The Hall–Kier alpha value is -1.47. The Kier molecular flexibility index (Phi) is 3.60. The van der Waals surface area contributed by atoms with Crippen LogP contribution in [0.3, 0.4) is 0 Å². The third-order valence-corrected chi connectivity index (χ3v) is 5.51. The SMILES string of the molecule is NCC1(Cc2ccc([N+](=O)[O-])cc2)CCS(=O)(=O)C1. The van der Waals surface area contributed by atoms with Gasteiger partial charge in [-0.05, 0) is 24.9 Å². The van der Waals surface area contributed by atoms with E-state index in [0.717, 1.165) is 5.56 Å². The van der Waals surface area contributed by atoms with Crippen molar-refractivity contribution in [2.75, 3.05) is 18.1 Å². The number of non-ortho nitro benzene ring substituents is 1. The highest BCUT2D eigenvalue weighted by Crippen LogP contribution is 2.35. The van der Waals surface area contributed by atoms with Crippen molar-refractivity contribution in [2.24, 2.45) is 11.1 Å². The zero-order valence-electron chi connectivity index (χ0n) is 10.4. The van der Waals surface area contributed by atoms with E-state index < -0.39 is 20.2 Å². The number of nitro benzene ring substituents is 1. The highest BCUT2D eigenvalue weighted by Gasteiger charge is 2.41. The van der Waals surface area contributed by atoms with Crippen LogP contribution in [0.4, 0.5) is 5.69 Å². The molecule has 2 N–H and O–H groups in total. The molecule has 1 aromatic carbocycles. The van der Waals surface area contributed by atoms with E-state index in [1.807, 2.05) is 0 Å². The van der Waals surface area contributed by atoms with Crippen molar-refractivity contribution in [1.29, 1.82) is 0 Å². The smallest absolute Gasteiger partial charge is 0.269 e. The van der Waals surface area contributed by atoms with Gasteiger partial charge in [0, 0.05) is 17.5 Å². The third-order valence-electron chi connectivity index (χ3n) is 3.63. The fourth-order valence-electron chi connectivity index (χ4n) is 2.52. The van der Waals surface area contributed by atoms with Crippen molar-refractivity contribution in [3.05, 3.63) is 39.9 Å². The lowest BCUT2D eigenvalue weighted by atomic mass is 9.81. The molecule has 6 nitrogen and oxygen atoms in total. The van der Waals surface area contributed by atoms with E-state index in [1.54, 1.807) is 12.1 Å². The lowest BCUT2D eigenvalue weighted by Crippen LogP contribution is -2.34. The minimum Gasteiger partial charge on any atom is -0.330 e. The molecule has 1 saturated heterocycles.